The number of carbonyl (C=O) groups is 1. The molecule has 1 aromatic carbocycles. The second-order valence-corrected chi connectivity index (χ2v) is 4.28. The van der Waals surface area contributed by atoms with Crippen LogP contribution in [0.3, 0.4) is 0 Å². The van der Waals surface area contributed by atoms with Gasteiger partial charge in [0.05, 0.1) is 5.60 Å². The quantitative estimate of drug-likeness (QED) is 0.843. The molecule has 2 N–H and O–H groups in total. The molecule has 0 atom stereocenters. The van der Waals surface area contributed by atoms with Gasteiger partial charge in [0.1, 0.15) is 17.1 Å². The molecule has 0 saturated carbocycles. The van der Waals surface area contributed by atoms with Crippen molar-refractivity contribution < 1.29 is 19.0 Å². The summed E-state index contributed by atoms with van der Waals surface area (Å²) in [5, 5.41) is 11.9. The average Bonchev–Trinajstić information content (AvgIpc) is 2.26. The fourth-order valence-electron chi connectivity index (χ4n) is 1.19. The average molecular weight is 241 g/mol. The highest BCUT2D eigenvalue weighted by molar-refractivity contribution is 5.97. The van der Waals surface area contributed by atoms with Crippen molar-refractivity contribution in [3.05, 3.63) is 29.6 Å². The number of carbonyl (C=O) groups excluding carboxylic acids is 1. The van der Waals surface area contributed by atoms with E-state index in [4.69, 9.17) is 4.74 Å². The number of amides is 1. The van der Waals surface area contributed by atoms with Gasteiger partial charge in [-0.05, 0) is 26.0 Å². The molecule has 17 heavy (non-hydrogen) atoms. The molecule has 0 aliphatic heterocycles. The van der Waals surface area contributed by atoms with Crippen LogP contribution in [-0.4, -0.2) is 30.3 Å². The summed E-state index contributed by atoms with van der Waals surface area (Å²) in [7, 11) is 1.52. The Morgan fingerprint density at radius 2 is 2.18 bits per heavy atom. The first-order valence-electron chi connectivity index (χ1n) is 5.18. The summed E-state index contributed by atoms with van der Waals surface area (Å²) < 4.78 is 18.5. The molecule has 1 aromatic rings. The molecule has 0 bridgehead atoms. The number of hydrogen-bond acceptors (Lipinski definition) is 3. The van der Waals surface area contributed by atoms with E-state index < -0.39 is 17.3 Å². The number of halogens is 1. The van der Waals surface area contributed by atoms with Crippen LogP contribution in [0.4, 0.5) is 4.39 Å². The van der Waals surface area contributed by atoms with Crippen LogP contribution in [0.5, 0.6) is 5.75 Å². The molecule has 94 valence electrons. The molecule has 0 aliphatic carbocycles. The van der Waals surface area contributed by atoms with Gasteiger partial charge in [-0.3, -0.25) is 4.79 Å². The van der Waals surface area contributed by atoms with Crippen LogP contribution in [-0.2, 0) is 4.74 Å². The molecule has 0 unspecified atom stereocenters. The van der Waals surface area contributed by atoms with Crippen molar-refractivity contribution in [3.63, 3.8) is 0 Å². The van der Waals surface area contributed by atoms with Gasteiger partial charge in [0.15, 0.2) is 0 Å². The molecule has 0 aromatic heterocycles. The summed E-state index contributed by atoms with van der Waals surface area (Å²) in [5.41, 5.74) is -0.893. The Hall–Kier alpha value is -1.62. The standard InChI is InChI=1S/C12H16FNO3/c1-12(2,17-3)7-14-11(16)10-8(13)5-4-6-9(10)15/h4-6,15H,7H2,1-3H3,(H,14,16). The summed E-state index contributed by atoms with van der Waals surface area (Å²) in [6.07, 6.45) is 0. The van der Waals surface area contributed by atoms with Gasteiger partial charge in [-0.1, -0.05) is 6.07 Å². The van der Waals surface area contributed by atoms with E-state index in [2.05, 4.69) is 5.32 Å². The SMILES string of the molecule is COC(C)(C)CNC(=O)c1c(O)cccc1F. The summed E-state index contributed by atoms with van der Waals surface area (Å²) in [6, 6.07) is 3.72. The van der Waals surface area contributed by atoms with Crippen LogP contribution in [0.1, 0.15) is 24.2 Å². The normalized spacial score (nSPS) is 11.3. The minimum absolute atomic E-state index is 0.218. The Bertz CT molecular complexity index is 398. The molecule has 0 aliphatic rings. The van der Waals surface area contributed by atoms with Gasteiger partial charge in [-0.15, -0.1) is 0 Å². The summed E-state index contributed by atoms with van der Waals surface area (Å²) in [5.74, 6) is -1.79. The maximum absolute atomic E-state index is 13.4. The van der Waals surface area contributed by atoms with Crippen LogP contribution in [0.2, 0.25) is 0 Å². The fraction of sp³-hybridized carbons (Fsp3) is 0.417. The first-order valence-corrected chi connectivity index (χ1v) is 5.18. The largest absolute Gasteiger partial charge is 0.507 e. The fourth-order valence-corrected chi connectivity index (χ4v) is 1.19. The van der Waals surface area contributed by atoms with E-state index in [0.29, 0.717) is 0 Å². The second-order valence-electron chi connectivity index (χ2n) is 4.28. The van der Waals surface area contributed by atoms with E-state index >= 15 is 0 Å². The van der Waals surface area contributed by atoms with Crippen LogP contribution in [0.15, 0.2) is 18.2 Å². The number of phenols is 1. The van der Waals surface area contributed by atoms with Crippen LogP contribution < -0.4 is 5.32 Å². The van der Waals surface area contributed by atoms with Crippen LogP contribution in [0.25, 0.3) is 0 Å². The highest BCUT2D eigenvalue weighted by atomic mass is 19.1. The molecular formula is C12H16FNO3. The van der Waals surface area contributed by atoms with Crippen molar-refractivity contribution in [1.82, 2.24) is 5.32 Å². The summed E-state index contributed by atoms with van der Waals surface area (Å²) in [6.45, 7) is 3.79. The van der Waals surface area contributed by atoms with Crippen molar-refractivity contribution in [2.24, 2.45) is 0 Å². The van der Waals surface area contributed by atoms with Gasteiger partial charge in [0.25, 0.3) is 5.91 Å². The van der Waals surface area contributed by atoms with Crippen molar-refractivity contribution in [2.75, 3.05) is 13.7 Å². The molecular weight excluding hydrogens is 225 g/mol. The number of phenolic OH excluding ortho intramolecular Hbond substituents is 1. The molecule has 0 saturated heterocycles. The minimum Gasteiger partial charge on any atom is -0.507 e. The number of aromatic hydroxyl groups is 1. The Balaban J connectivity index is 2.78. The summed E-state index contributed by atoms with van der Waals surface area (Å²) >= 11 is 0. The first-order chi connectivity index (χ1) is 7.87. The van der Waals surface area contributed by atoms with E-state index in [0.717, 1.165) is 6.07 Å². The van der Waals surface area contributed by atoms with Crippen molar-refractivity contribution in [3.8, 4) is 5.75 Å². The van der Waals surface area contributed by atoms with Crippen LogP contribution >= 0.6 is 0 Å². The highest BCUT2D eigenvalue weighted by Crippen LogP contribution is 2.19. The van der Waals surface area contributed by atoms with Crippen molar-refractivity contribution in [2.45, 2.75) is 19.4 Å². The number of methoxy groups -OCH3 is 1. The monoisotopic (exact) mass is 241 g/mol. The predicted octanol–water partition coefficient (Wildman–Crippen LogP) is 1.69. The third-order valence-electron chi connectivity index (χ3n) is 2.45. The maximum Gasteiger partial charge on any atom is 0.258 e. The maximum atomic E-state index is 13.4. The van der Waals surface area contributed by atoms with Crippen LogP contribution in [0, 0.1) is 5.82 Å². The van der Waals surface area contributed by atoms with Gasteiger partial charge in [-0.25, -0.2) is 4.39 Å². The number of ether oxygens (including phenoxy) is 1. The lowest BCUT2D eigenvalue weighted by Crippen LogP contribution is -2.40. The summed E-state index contributed by atoms with van der Waals surface area (Å²) in [4.78, 5) is 11.7. The van der Waals surface area contributed by atoms with Crippen molar-refractivity contribution in [1.29, 1.82) is 0 Å². The predicted molar refractivity (Wildman–Crippen MR) is 61.5 cm³/mol. The van der Waals surface area contributed by atoms with E-state index in [1.165, 1.54) is 19.2 Å². The number of hydrogen-bond donors (Lipinski definition) is 2. The Kier molecular flexibility index (Phi) is 4.07. The highest BCUT2D eigenvalue weighted by Gasteiger charge is 2.21. The van der Waals surface area contributed by atoms with Gasteiger partial charge in [0, 0.05) is 13.7 Å². The lowest BCUT2D eigenvalue weighted by Gasteiger charge is -2.23. The lowest BCUT2D eigenvalue weighted by molar-refractivity contribution is 0.0228. The van der Waals surface area contributed by atoms with E-state index in [1.54, 1.807) is 13.8 Å². The molecule has 5 heteroatoms. The lowest BCUT2D eigenvalue weighted by atomic mass is 10.1. The Labute approximate surface area is 99.4 Å². The zero-order valence-electron chi connectivity index (χ0n) is 10.1. The number of rotatable bonds is 4. The zero-order valence-corrected chi connectivity index (χ0v) is 10.1. The topological polar surface area (TPSA) is 58.6 Å². The van der Waals surface area contributed by atoms with Gasteiger partial charge < -0.3 is 15.2 Å². The molecule has 0 radical (unpaired) electrons. The van der Waals surface area contributed by atoms with Gasteiger partial charge in [0.2, 0.25) is 0 Å². The van der Waals surface area contributed by atoms with Crippen molar-refractivity contribution >= 4 is 5.91 Å². The first kappa shape index (κ1) is 13.4. The Morgan fingerprint density at radius 1 is 1.53 bits per heavy atom. The molecule has 4 nitrogen and oxygen atoms in total. The van der Waals surface area contributed by atoms with Gasteiger partial charge >= 0.3 is 0 Å². The molecule has 0 heterocycles. The van der Waals surface area contributed by atoms with Gasteiger partial charge in [-0.2, -0.15) is 0 Å². The second kappa shape index (κ2) is 5.14. The third kappa shape index (κ3) is 3.42. The molecule has 1 amide bonds. The Morgan fingerprint density at radius 3 is 2.71 bits per heavy atom. The molecule has 1 rings (SSSR count). The molecule has 0 spiro atoms. The zero-order chi connectivity index (χ0) is 13.1. The van der Waals surface area contributed by atoms with E-state index in [-0.39, 0.29) is 17.9 Å². The number of benzene rings is 1. The molecule has 0 fully saturated rings. The smallest absolute Gasteiger partial charge is 0.258 e. The van der Waals surface area contributed by atoms with E-state index in [1.807, 2.05) is 0 Å². The van der Waals surface area contributed by atoms with E-state index in [9.17, 15) is 14.3 Å². The third-order valence-corrected chi connectivity index (χ3v) is 2.45. The minimum atomic E-state index is -0.752. The number of nitrogens with one attached hydrogen (secondary N) is 1.